The van der Waals surface area contributed by atoms with Crippen LogP contribution < -0.4 is 10.6 Å². The molecule has 2 N–H and O–H groups in total. The third-order valence-corrected chi connectivity index (χ3v) is 6.39. The standard InChI is InChI=1S/C18H32N6OS2/c1-4-19-17(20-8-5-12-26-18-21-9-13-27-18)22-15-6-10-24(11-7-15)14-16(25)23(2)3/h9,13,15H,4-8,10-12,14H2,1-3H3,(H2,19,20,22). The predicted molar refractivity (Wildman–Crippen MR) is 115 cm³/mol. The Morgan fingerprint density at radius 2 is 2.22 bits per heavy atom. The first-order valence-electron chi connectivity index (χ1n) is 9.58. The fraction of sp³-hybridized carbons (Fsp3) is 0.722. The molecule has 0 aromatic carbocycles. The maximum absolute atomic E-state index is 11.8. The van der Waals surface area contributed by atoms with Crippen LogP contribution in [0.3, 0.4) is 0 Å². The van der Waals surface area contributed by atoms with Gasteiger partial charge in [-0.2, -0.15) is 0 Å². The summed E-state index contributed by atoms with van der Waals surface area (Å²) in [6.07, 6.45) is 4.95. The van der Waals surface area contributed by atoms with Crippen molar-refractivity contribution in [3.63, 3.8) is 0 Å². The van der Waals surface area contributed by atoms with Crippen LogP contribution in [-0.4, -0.2) is 85.3 Å². The smallest absolute Gasteiger partial charge is 0.236 e. The zero-order valence-corrected chi connectivity index (χ0v) is 18.2. The Labute approximate surface area is 171 Å². The molecule has 1 aromatic heterocycles. The second-order valence-corrected chi connectivity index (χ2v) is 8.98. The van der Waals surface area contributed by atoms with E-state index in [2.05, 4.69) is 27.4 Å². The number of aliphatic imine (C=N–C) groups is 1. The molecule has 1 aromatic rings. The van der Waals surface area contributed by atoms with Gasteiger partial charge in [-0.3, -0.25) is 14.7 Å². The fourth-order valence-corrected chi connectivity index (χ4v) is 4.41. The van der Waals surface area contributed by atoms with E-state index >= 15 is 0 Å². The highest BCUT2D eigenvalue weighted by Gasteiger charge is 2.21. The second kappa shape index (κ2) is 12.2. The van der Waals surface area contributed by atoms with Crippen molar-refractivity contribution < 1.29 is 4.79 Å². The Bertz CT molecular complexity index is 570. The summed E-state index contributed by atoms with van der Waals surface area (Å²) in [5, 5.41) is 8.91. The molecule has 27 heavy (non-hydrogen) atoms. The van der Waals surface area contributed by atoms with Gasteiger partial charge in [0, 0.05) is 63.6 Å². The highest BCUT2D eigenvalue weighted by molar-refractivity contribution is 8.00. The van der Waals surface area contributed by atoms with Gasteiger partial charge >= 0.3 is 0 Å². The molecule has 1 amide bonds. The topological polar surface area (TPSA) is 72.9 Å². The Morgan fingerprint density at radius 3 is 2.85 bits per heavy atom. The Kier molecular flexibility index (Phi) is 9.93. The van der Waals surface area contributed by atoms with Crippen molar-refractivity contribution in [1.29, 1.82) is 0 Å². The van der Waals surface area contributed by atoms with Crippen LogP contribution in [0.15, 0.2) is 20.9 Å². The van der Waals surface area contributed by atoms with Crippen LogP contribution in [0.4, 0.5) is 0 Å². The minimum absolute atomic E-state index is 0.173. The van der Waals surface area contributed by atoms with Crippen LogP contribution in [0.5, 0.6) is 0 Å². The van der Waals surface area contributed by atoms with Crippen LogP contribution in [0.1, 0.15) is 26.2 Å². The maximum Gasteiger partial charge on any atom is 0.236 e. The lowest BCUT2D eigenvalue weighted by Gasteiger charge is -2.33. The summed E-state index contributed by atoms with van der Waals surface area (Å²) in [6, 6.07) is 0.415. The summed E-state index contributed by atoms with van der Waals surface area (Å²) >= 11 is 3.48. The Balaban J connectivity index is 1.68. The van der Waals surface area contributed by atoms with Gasteiger partial charge in [-0.15, -0.1) is 11.3 Å². The van der Waals surface area contributed by atoms with Crippen molar-refractivity contribution in [1.82, 2.24) is 25.4 Å². The average molecular weight is 413 g/mol. The van der Waals surface area contributed by atoms with Crippen LogP contribution in [0, 0.1) is 0 Å². The van der Waals surface area contributed by atoms with E-state index in [0.717, 1.165) is 61.5 Å². The number of carbonyl (C=O) groups excluding carboxylic acids is 1. The molecule has 9 heteroatoms. The largest absolute Gasteiger partial charge is 0.357 e. The van der Waals surface area contributed by atoms with E-state index in [1.54, 1.807) is 28.0 Å². The summed E-state index contributed by atoms with van der Waals surface area (Å²) in [5.41, 5.74) is 0. The molecule has 1 aliphatic heterocycles. The summed E-state index contributed by atoms with van der Waals surface area (Å²) in [7, 11) is 3.62. The Hall–Kier alpha value is -1.32. The van der Waals surface area contributed by atoms with Gasteiger partial charge in [0.05, 0.1) is 6.54 Å². The number of carbonyl (C=O) groups is 1. The third kappa shape index (κ3) is 8.49. The molecular formula is C18H32N6OS2. The average Bonchev–Trinajstić information content (AvgIpc) is 3.16. The number of thiazole rings is 1. The molecule has 0 saturated carbocycles. The molecule has 7 nitrogen and oxygen atoms in total. The number of nitrogens with zero attached hydrogens (tertiary/aromatic N) is 4. The molecule has 0 spiro atoms. The summed E-state index contributed by atoms with van der Waals surface area (Å²) in [5.74, 6) is 2.11. The second-order valence-electron chi connectivity index (χ2n) is 6.74. The van der Waals surface area contributed by atoms with Crippen LogP contribution in [0.25, 0.3) is 0 Å². The predicted octanol–water partition coefficient (Wildman–Crippen LogP) is 1.73. The number of amides is 1. The van der Waals surface area contributed by atoms with Crippen molar-refractivity contribution in [2.24, 2.45) is 4.99 Å². The number of hydrogen-bond donors (Lipinski definition) is 2. The molecule has 0 bridgehead atoms. The Morgan fingerprint density at radius 1 is 1.44 bits per heavy atom. The van der Waals surface area contributed by atoms with Crippen molar-refractivity contribution in [2.45, 2.75) is 36.6 Å². The lowest BCUT2D eigenvalue weighted by Crippen LogP contribution is -2.50. The molecule has 0 atom stereocenters. The number of nitrogens with one attached hydrogen (secondary N) is 2. The first-order valence-corrected chi connectivity index (χ1v) is 11.4. The molecule has 0 unspecified atom stereocenters. The number of aromatic nitrogens is 1. The molecule has 152 valence electrons. The number of thioether (sulfide) groups is 1. The van der Waals surface area contributed by atoms with Gasteiger partial charge in [0.2, 0.25) is 5.91 Å². The molecule has 0 radical (unpaired) electrons. The van der Waals surface area contributed by atoms with Crippen LogP contribution >= 0.6 is 23.1 Å². The monoisotopic (exact) mass is 412 g/mol. The minimum Gasteiger partial charge on any atom is -0.357 e. The molecule has 1 fully saturated rings. The van der Waals surface area contributed by atoms with E-state index in [0.29, 0.717) is 12.6 Å². The molecule has 1 saturated heterocycles. The summed E-state index contributed by atoms with van der Waals surface area (Å²) in [6.45, 7) is 6.16. The third-order valence-electron chi connectivity index (χ3n) is 4.34. The van der Waals surface area contributed by atoms with Gasteiger partial charge in [-0.25, -0.2) is 4.98 Å². The first-order chi connectivity index (χ1) is 13.1. The van der Waals surface area contributed by atoms with Gasteiger partial charge < -0.3 is 15.5 Å². The number of piperidine rings is 1. The lowest BCUT2D eigenvalue weighted by atomic mass is 10.1. The fourth-order valence-electron chi connectivity index (χ4n) is 2.78. The highest BCUT2D eigenvalue weighted by Crippen LogP contribution is 2.20. The van der Waals surface area contributed by atoms with Crippen molar-refractivity contribution in [2.75, 3.05) is 52.6 Å². The highest BCUT2D eigenvalue weighted by atomic mass is 32.2. The van der Waals surface area contributed by atoms with Gasteiger partial charge in [0.25, 0.3) is 0 Å². The number of likely N-dealkylation sites (tertiary alicyclic amines) is 1. The van der Waals surface area contributed by atoms with E-state index < -0.39 is 0 Å². The lowest BCUT2D eigenvalue weighted by molar-refractivity contribution is -0.130. The van der Waals surface area contributed by atoms with E-state index in [1.165, 1.54) is 0 Å². The summed E-state index contributed by atoms with van der Waals surface area (Å²) < 4.78 is 1.13. The van der Waals surface area contributed by atoms with Gasteiger partial charge in [0.1, 0.15) is 4.34 Å². The normalized spacial score (nSPS) is 16.3. The molecule has 0 aliphatic carbocycles. The maximum atomic E-state index is 11.8. The van der Waals surface area contributed by atoms with Crippen LogP contribution in [0.2, 0.25) is 0 Å². The van der Waals surface area contributed by atoms with E-state index in [4.69, 9.17) is 4.99 Å². The van der Waals surface area contributed by atoms with E-state index in [-0.39, 0.29) is 5.91 Å². The van der Waals surface area contributed by atoms with E-state index in [9.17, 15) is 4.79 Å². The molecule has 1 aliphatic rings. The van der Waals surface area contributed by atoms with Crippen LogP contribution in [-0.2, 0) is 4.79 Å². The number of hydrogen-bond acceptors (Lipinski definition) is 6. The molecular weight excluding hydrogens is 380 g/mol. The quantitative estimate of drug-likeness (QED) is 0.279. The zero-order valence-electron chi connectivity index (χ0n) is 16.6. The van der Waals surface area contributed by atoms with E-state index in [1.807, 2.05) is 25.7 Å². The first kappa shape index (κ1) is 22.0. The summed E-state index contributed by atoms with van der Waals surface area (Å²) in [4.78, 5) is 24.7. The number of guanidine groups is 1. The molecule has 2 heterocycles. The molecule has 2 rings (SSSR count). The SMILES string of the molecule is CCNC(=NCCCSc1nccs1)NC1CCN(CC(=O)N(C)C)CC1. The zero-order chi connectivity index (χ0) is 19.5. The van der Waals surface area contributed by atoms with Crippen molar-refractivity contribution in [3.05, 3.63) is 11.6 Å². The van der Waals surface area contributed by atoms with Crippen molar-refractivity contribution >= 4 is 35.0 Å². The van der Waals surface area contributed by atoms with Gasteiger partial charge in [0.15, 0.2) is 5.96 Å². The number of rotatable bonds is 9. The minimum atomic E-state index is 0.173. The van der Waals surface area contributed by atoms with Gasteiger partial charge in [-0.1, -0.05) is 11.8 Å². The van der Waals surface area contributed by atoms with Crippen molar-refractivity contribution in [3.8, 4) is 0 Å². The number of likely N-dealkylation sites (N-methyl/N-ethyl adjacent to an activating group) is 1. The van der Waals surface area contributed by atoms with Gasteiger partial charge in [-0.05, 0) is 26.2 Å².